The van der Waals surface area contributed by atoms with Crippen LogP contribution in [0.1, 0.15) is 22.8 Å². The van der Waals surface area contributed by atoms with Gasteiger partial charge in [0.1, 0.15) is 0 Å². The van der Waals surface area contributed by atoms with Gasteiger partial charge in [-0.15, -0.1) is 0 Å². The van der Waals surface area contributed by atoms with E-state index in [1.807, 2.05) is 24.3 Å². The van der Waals surface area contributed by atoms with Crippen LogP contribution in [0.2, 0.25) is 10.0 Å². The Kier molecular flexibility index (Phi) is 5.48. The van der Waals surface area contributed by atoms with Crippen molar-refractivity contribution in [2.45, 2.75) is 13.5 Å². The quantitative estimate of drug-likeness (QED) is 0.804. The molecule has 5 heteroatoms. The van der Waals surface area contributed by atoms with E-state index in [4.69, 9.17) is 27.9 Å². The first-order valence-corrected chi connectivity index (χ1v) is 7.30. The van der Waals surface area contributed by atoms with Crippen molar-refractivity contribution in [2.75, 3.05) is 11.9 Å². The van der Waals surface area contributed by atoms with E-state index in [0.717, 1.165) is 11.3 Å². The van der Waals surface area contributed by atoms with Gasteiger partial charge in [-0.1, -0.05) is 23.2 Å². The predicted molar refractivity (Wildman–Crippen MR) is 86.2 cm³/mol. The highest BCUT2D eigenvalue weighted by Gasteiger charge is 2.05. The van der Waals surface area contributed by atoms with Crippen molar-refractivity contribution in [1.29, 1.82) is 0 Å². The van der Waals surface area contributed by atoms with Gasteiger partial charge in [0, 0.05) is 22.3 Å². The van der Waals surface area contributed by atoms with Gasteiger partial charge in [0.15, 0.2) is 0 Å². The molecule has 0 atom stereocenters. The van der Waals surface area contributed by atoms with Crippen LogP contribution in [0.3, 0.4) is 0 Å². The van der Waals surface area contributed by atoms with Gasteiger partial charge in [0.05, 0.1) is 12.2 Å². The van der Waals surface area contributed by atoms with Gasteiger partial charge in [-0.2, -0.15) is 0 Å². The Bertz CT molecular complexity index is 606. The minimum absolute atomic E-state index is 0.314. The summed E-state index contributed by atoms with van der Waals surface area (Å²) in [5.74, 6) is -0.314. The molecule has 0 amide bonds. The van der Waals surface area contributed by atoms with E-state index in [1.165, 1.54) is 0 Å². The molecule has 0 fully saturated rings. The third-order valence-corrected chi connectivity index (χ3v) is 3.25. The molecular weight excluding hydrogens is 309 g/mol. The summed E-state index contributed by atoms with van der Waals surface area (Å²) in [6, 6.07) is 12.5. The normalized spacial score (nSPS) is 10.2. The number of benzene rings is 2. The number of anilines is 1. The minimum Gasteiger partial charge on any atom is -0.462 e. The zero-order valence-corrected chi connectivity index (χ0v) is 13.0. The Morgan fingerprint density at radius 2 is 1.71 bits per heavy atom. The van der Waals surface area contributed by atoms with Crippen LogP contribution in [0.15, 0.2) is 42.5 Å². The molecule has 0 aliphatic rings. The standard InChI is InChI=1S/C16H15Cl2NO2/c1-2-21-16(20)12-3-5-15(6-4-12)19-10-11-7-13(17)9-14(18)8-11/h3-9,19H,2,10H2,1H3. The smallest absolute Gasteiger partial charge is 0.338 e. The Morgan fingerprint density at radius 1 is 1.10 bits per heavy atom. The second-order valence-corrected chi connectivity index (χ2v) is 5.30. The van der Waals surface area contributed by atoms with E-state index in [-0.39, 0.29) is 5.97 Å². The maximum absolute atomic E-state index is 11.5. The highest BCUT2D eigenvalue weighted by molar-refractivity contribution is 6.34. The van der Waals surface area contributed by atoms with Crippen LogP contribution in [0.25, 0.3) is 0 Å². The molecular formula is C16H15Cl2NO2. The molecule has 0 saturated heterocycles. The van der Waals surface area contributed by atoms with E-state index < -0.39 is 0 Å². The van der Waals surface area contributed by atoms with Gasteiger partial charge < -0.3 is 10.1 Å². The highest BCUT2D eigenvalue weighted by Crippen LogP contribution is 2.20. The monoisotopic (exact) mass is 323 g/mol. The number of esters is 1. The van der Waals surface area contributed by atoms with Gasteiger partial charge in [-0.25, -0.2) is 4.79 Å². The number of hydrogen-bond acceptors (Lipinski definition) is 3. The molecule has 0 bridgehead atoms. The lowest BCUT2D eigenvalue weighted by molar-refractivity contribution is 0.0526. The SMILES string of the molecule is CCOC(=O)c1ccc(NCc2cc(Cl)cc(Cl)c2)cc1. The summed E-state index contributed by atoms with van der Waals surface area (Å²) in [5.41, 5.74) is 2.43. The Hall–Kier alpha value is -1.71. The van der Waals surface area contributed by atoms with Crippen molar-refractivity contribution < 1.29 is 9.53 Å². The molecule has 2 aromatic rings. The predicted octanol–water partition coefficient (Wildman–Crippen LogP) is 4.78. The Morgan fingerprint density at radius 3 is 2.29 bits per heavy atom. The summed E-state index contributed by atoms with van der Waals surface area (Å²) >= 11 is 11.9. The van der Waals surface area contributed by atoms with Gasteiger partial charge in [0.2, 0.25) is 0 Å². The molecule has 2 rings (SSSR count). The average Bonchev–Trinajstić information content (AvgIpc) is 2.45. The zero-order valence-electron chi connectivity index (χ0n) is 11.5. The summed E-state index contributed by atoms with van der Waals surface area (Å²) in [6.07, 6.45) is 0. The molecule has 0 aromatic heterocycles. The fourth-order valence-electron chi connectivity index (χ4n) is 1.86. The van der Waals surface area contributed by atoms with Crippen LogP contribution in [0, 0.1) is 0 Å². The molecule has 0 aliphatic heterocycles. The number of hydrogen-bond donors (Lipinski definition) is 1. The van der Waals surface area contributed by atoms with E-state index in [0.29, 0.717) is 28.8 Å². The largest absolute Gasteiger partial charge is 0.462 e. The van der Waals surface area contributed by atoms with Crippen molar-refractivity contribution in [2.24, 2.45) is 0 Å². The third-order valence-electron chi connectivity index (χ3n) is 2.82. The lowest BCUT2D eigenvalue weighted by atomic mass is 10.2. The summed E-state index contributed by atoms with van der Waals surface area (Å²) in [6.45, 7) is 2.75. The number of nitrogens with one attached hydrogen (secondary N) is 1. The molecule has 21 heavy (non-hydrogen) atoms. The molecule has 2 aromatic carbocycles. The van der Waals surface area contributed by atoms with Gasteiger partial charge in [-0.3, -0.25) is 0 Å². The van der Waals surface area contributed by atoms with Gasteiger partial charge in [-0.05, 0) is 55.0 Å². The van der Waals surface area contributed by atoms with Crippen LogP contribution < -0.4 is 5.32 Å². The summed E-state index contributed by atoms with van der Waals surface area (Å²) in [5, 5.41) is 4.46. The van der Waals surface area contributed by atoms with Crippen molar-refractivity contribution in [3.63, 3.8) is 0 Å². The molecule has 0 aliphatic carbocycles. The molecule has 0 saturated carbocycles. The second kappa shape index (κ2) is 7.34. The van der Waals surface area contributed by atoms with Crippen molar-refractivity contribution in [3.05, 3.63) is 63.6 Å². The van der Waals surface area contributed by atoms with Crippen LogP contribution in [-0.2, 0) is 11.3 Å². The average molecular weight is 324 g/mol. The Labute approximate surface area is 133 Å². The Balaban J connectivity index is 1.99. The van der Waals surface area contributed by atoms with Crippen LogP contribution in [-0.4, -0.2) is 12.6 Å². The first-order valence-electron chi connectivity index (χ1n) is 6.54. The number of rotatable bonds is 5. The van der Waals surface area contributed by atoms with Crippen molar-refractivity contribution in [1.82, 2.24) is 0 Å². The summed E-state index contributed by atoms with van der Waals surface area (Å²) < 4.78 is 4.93. The van der Waals surface area contributed by atoms with Crippen LogP contribution in [0.5, 0.6) is 0 Å². The maximum Gasteiger partial charge on any atom is 0.338 e. The molecule has 0 spiro atoms. The first-order chi connectivity index (χ1) is 10.1. The van der Waals surface area contributed by atoms with Crippen molar-refractivity contribution >= 4 is 34.9 Å². The third kappa shape index (κ3) is 4.66. The second-order valence-electron chi connectivity index (χ2n) is 4.43. The van der Waals surface area contributed by atoms with E-state index in [9.17, 15) is 4.79 Å². The van der Waals surface area contributed by atoms with E-state index in [2.05, 4.69) is 5.32 Å². The van der Waals surface area contributed by atoms with Crippen molar-refractivity contribution in [3.8, 4) is 0 Å². The molecule has 0 unspecified atom stereocenters. The first kappa shape index (κ1) is 15.7. The van der Waals surface area contributed by atoms with Crippen LogP contribution >= 0.6 is 23.2 Å². The lowest BCUT2D eigenvalue weighted by Crippen LogP contribution is -2.05. The molecule has 0 heterocycles. The van der Waals surface area contributed by atoms with Gasteiger partial charge >= 0.3 is 5.97 Å². The minimum atomic E-state index is -0.314. The zero-order chi connectivity index (χ0) is 15.2. The summed E-state index contributed by atoms with van der Waals surface area (Å²) in [7, 11) is 0. The summed E-state index contributed by atoms with van der Waals surface area (Å²) in [4.78, 5) is 11.5. The molecule has 1 N–H and O–H groups in total. The molecule has 0 radical (unpaired) electrons. The topological polar surface area (TPSA) is 38.3 Å². The number of carbonyl (C=O) groups is 1. The van der Waals surface area contributed by atoms with Gasteiger partial charge in [0.25, 0.3) is 0 Å². The lowest BCUT2D eigenvalue weighted by Gasteiger charge is -2.08. The number of carbonyl (C=O) groups excluding carboxylic acids is 1. The van der Waals surface area contributed by atoms with E-state index >= 15 is 0 Å². The van der Waals surface area contributed by atoms with E-state index in [1.54, 1.807) is 25.1 Å². The highest BCUT2D eigenvalue weighted by atomic mass is 35.5. The molecule has 3 nitrogen and oxygen atoms in total. The maximum atomic E-state index is 11.5. The number of ether oxygens (including phenoxy) is 1. The fraction of sp³-hybridized carbons (Fsp3) is 0.188. The fourth-order valence-corrected chi connectivity index (χ4v) is 2.43. The molecule has 110 valence electrons. The number of halogens is 2. The van der Waals surface area contributed by atoms with Crippen LogP contribution in [0.4, 0.5) is 5.69 Å².